The number of rotatable bonds is 3. The average molecular weight is 288 g/mol. The van der Waals surface area contributed by atoms with E-state index in [2.05, 4.69) is 15.5 Å². The molecule has 2 aromatic carbocycles. The second kappa shape index (κ2) is 5.22. The van der Waals surface area contributed by atoms with Crippen molar-refractivity contribution in [3.8, 4) is 17.2 Å². The Morgan fingerprint density at radius 3 is 2.60 bits per heavy atom. The highest BCUT2D eigenvalue weighted by atomic mass is 35.5. The minimum Gasteiger partial charge on any atom is -0.508 e. The number of hydrogen-bond acceptors (Lipinski definition) is 5. The molecule has 1 heterocycles. The lowest BCUT2D eigenvalue weighted by Crippen LogP contribution is -1.89. The molecule has 0 bridgehead atoms. The highest BCUT2D eigenvalue weighted by Crippen LogP contribution is 2.24. The van der Waals surface area contributed by atoms with Crippen molar-refractivity contribution in [3.63, 3.8) is 0 Å². The van der Waals surface area contributed by atoms with Crippen LogP contribution in [0, 0.1) is 0 Å². The first-order valence-electron chi connectivity index (χ1n) is 5.86. The van der Waals surface area contributed by atoms with E-state index < -0.39 is 0 Å². The topological polar surface area (TPSA) is 71.2 Å². The van der Waals surface area contributed by atoms with E-state index in [1.807, 2.05) is 12.1 Å². The van der Waals surface area contributed by atoms with Crippen LogP contribution in [0.15, 0.2) is 52.9 Å². The second-order valence-electron chi connectivity index (χ2n) is 4.09. The molecule has 0 aliphatic heterocycles. The van der Waals surface area contributed by atoms with Gasteiger partial charge in [-0.05, 0) is 42.5 Å². The molecule has 0 aliphatic carbocycles. The maximum atomic E-state index is 9.24. The molecule has 5 nitrogen and oxygen atoms in total. The number of nitrogens with zero attached hydrogens (tertiary/aromatic N) is 2. The highest BCUT2D eigenvalue weighted by molar-refractivity contribution is 6.30. The van der Waals surface area contributed by atoms with Crippen molar-refractivity contribution in [1.29, 1.82) is 0 Å². The molecule has 0 unspecified atom stereocenters. The number of aromatic hydroxyl groups is 1. The summed E-state index contributed by atoms with van der Waals surface area (Å²) in [7, 11) is 0. The van der Waals surface area contributed by atoms with Crippen LogP contribution < -0.4 is 5.32 Å². The zero-order chi connectivity index (χ0) is 13.9. The zero-order valence-corrected chi connectivity index (χ0v) is 11.0. The summed E-state index contributed by atoms with van der Waals surface area (Å²) in [6.45, 7) is 0. The van der Waals surface area contributed by atoms with Crippen LogP contribution in [0.4, 0.5) is 11.7 Å². The molecule has 100 valence electrons. The number of phenolic OH excluding ortho intramolecular Hbond substituents is 1. The van der Waals surface area contributed by atoms with E-state index in [4.69, 9.17) is 16.0 Å². The van der Waals surface area contributed by atoms with Crippen molar-refractivity contribution in [2.45, 2.75) is 0 Å². The summed E-state index contributed by atoms with van der Waals surface area (Å²) < 4.78 is 5.50. The van der Waals surface area contributed by atoms with E-state index in [-0.39, 0.29) is 11.8 Å². The number of benzene rings is 2. The van der Waals surface area contributed by atoms with Gasteiger partial charge in [0.25, 0.3) is 0 Å². The molecule has 3 aromatic rings. The molecule has 6 heteroatoms. The fraction of sp³-hybridized carbons (Fsp3) is 0. The minimum atomic E-state index is 0.186. The van der Waals surface area contributed by atoms with Crippen LogP contribution in [0.1, 0.15) is 0 Å². The molecule has 0 saturated carbocycles. The minimum absolute atomic E-state index is 0.186. The van der Waals surface area contributed by atoms with E-state index in [9.17, 15) is 5.11 Å². The lowest BCUT2D eigenvalue weighted by molar-refractivity contribution is 0.475. The van der Waals surface area contributed by atoms with Gasteiger partial charge in [-0.2, -0.15) is 0 Å². The SMILES string of the molecule is Oc1ccc(-c2nnc(Nc3cccc(Cl)c3)o2)cc1. The lowest BCUT2D eigenvalue weighted by atomic mass is 10.2. The molecule has 0 aliphatic rings. The predicted octanol–water partition coefficient (Wildman–Crippen LogP) is 3.84. The summed E-state index contributed by atoms with van der Waals surface area (Å²) in [5, 5.41) is 20.7. The summed E-state index contributed by atoms with van der Waals surface area (Å²) in [5.74, 6) is 0.556. The molecule has 0 amide bonds. The van der Waals surface area contributed by atoms with Gasteiger partial charge in [0.15, 0.2) is 0 Å². The van der Waals surface area contributed by atoms with Gasteiger partial charge in [0.1, 0.15) is 5.75 Å². The fourth-order valence-corrected chi connectivity index (χ4v) is 1.87. The molecule has 3 rings (SSSR count). The van der Waals surface area contributed by atoms with Gasteiger partial charge < -0.3 is 14.8 Å². The first-order chi connectivity index (χ1) is 9.70. The molecule has 0 atom stereocenters. The normalized spacial score (nSPS) is 10.4. The molecular weight excluding hydrogens is 278 g/mol. The van der Waals surface area contributed by atoms with Crippen LogP contribution in [0.25, 0.3) is 11.5 Å². The van der Waals surface area contributed by atoms with Crippen molar-refractivity contribution in [3.05, 3.63) is 53.6 Å². The van der Waals surface area contributed by atoms with Crippen molar-refractivity contribution < 1.29 is 9.52 Å². The summed E-state index contributed by atoms with van der Waals surface area (Å²) in [6.07, 6.45) is 0. The van der Waals surface area contributed by atoms with Crippen LogP contribution >= 0.6 is 11.6 Å². The van der Waals surface area contributed by atoms with Gasteiger partial charge in [0, 0.05) is 16.3 Å². The molecule has 0 fully saturated rings. The Labute approximate surface area is 119 Å². The number of halogens is 1. The van der Waals surface area contributed by atoms with Crippen LogP contribution in [-0.2, 0) is 0 Å². The Kier molecular flexibility index (Phi) is 3.26. The predicted molar refractivity (Wildman–Crippen MR) is 76.1 cm³/mol. The third-order valence-corrected chi connectivity index (χ3v) is 2.85. The third-order valence-electron chi connectivity index (χ3n) is 2.62. The summed E-state index contributed by atoms with van der Waals surface area (Å²) in [6, 6.07) is 14.0. The van der Waals surface area contributed by atoms with Gasteiger partial charge in [0.05, 0.1) is 0 Å². The van der Waals surface area contributed by atoms with E-state index in [0.717, 1.165) is 11.3 Å². The van der Waals surface area contributed by atoms with Crippen LogP contribution in [0.3, 0.4) is 0 Å². The van der Waals surface area contributed by atoms with Crippen LogP contribution in [0.5, 0.6) is 5.75 Å². The van der Waals surface area contributed by atoms with Crippen LogP contribution in [-0.4, -0.2) is 15.3 Å². The number of anilines is 2. The summed E-state index contributed by atoms with van der Waals surface area (Å²) in [5.41, 5.74) is 1.49. The van der Waals surface area contributed by atoms with E-state index in [1.165, 1.54) is 0 Å². The second-order valence-corrected chi connectivity index (χ2v) is 4.53. The fourth-order valence-electron chi connectivity index (χ4n) is 1.68. The standard InChI is InChI=1S/C14H10ClN3O2/c15-10-2-1-3-11(8-10)16-14-18-17-13(20-14)9-4-6-12(19)7-5-9/h1-8,19H,(H,16,18). The lowest BCUT2D eigenvalue weighted by Gasteiger charge is -2.00. The van der Waals surface area contributed by atoms with E-state index >= 15 is 0 Å². The number of nitrogens with one attached hydrogen (secondary N) is 1. The van der Waals surface area contributed by atoms with Crippen molar-refractivity contribution >= 4 is 23.3 Å². The first kappa shape index (κ1) is 12.5. The molecular formula is C14H10ClN3O2. The van der Waals surface area contributed by atoms with Gasteiger partial charge >= 0.3 is 6.01 Å². The number of phenols is 1. The van der Waals surface area contributed by atoms with Gasteiger partial charge in [0.2, 0.25) is 5.89 Å². The van der Waals surface area contributed by atoms with Gasteiger partial charge in [-0.25, -0.2) is 0 Å². The number of aromatic nitrogens is 2. The monoisotopic (exact) mass is 287 g/mol. The number of hydrogen-bond donors (Lipinski definition) is 2. The molecule has 1 aromatic heterocycles. The average Bonchev–Trinajstić information content (AvgIpc) is 2.88. The molecule has 20 heavy (non-hydrogen) atoms. The maximum Gasteiger partial charge on any atom is 0.320 e. The smallest absolute Gasteiger partial charge is 0.320 e. The molecule has 2 N–H and O–H groups in total. The first-order valence-corrected chi connectivity index (χ1v) is 6.24. The van der Waals surface area contributed by atoms with Gasteiger partial charge in [-0.15, -0.1) is 5.10 Å². The van der Waals surface area contributed by atoms with E-state index in [1.54, 1.807) is 36.4 Å². The molecule has 0 spiro atoms. The van der Waals surface area contributed by atoms with Crippen LogP contribution in [0.2, 0.25) is 5.02 Å². The van der Waals surface area contributed by atoms with Crippen molar-refractivity contribution in [2.75, 3.05) is 5.32 Å². The largest absolute Gasteiger partial charge is 0.508 e. The highest BCUT2D eigenvalue weighted by Gasteiger charge is 2.08. The Hall–Kier alpha value is -2.53. The van der Waals surface area contributed by atoms with Crippen molar-refractivity contribution in [1.82, 2.24) is 10.2 Å². The molecule has 0 radical (unpaired) electrons. The third kappa shape index (κ3) is 2.73. The Balaban J connectivity index is 1.82. The Bertz CT molecular complexity index is 725. The van der Waals surface area contributed by atoms with Crippen molar-refractivity contribution in [2.24, 2.45) is 0 Å². The quantitative estimate of drug-likeness (QED) is 0.766. The zero-order valence-electron chi connectivity index (χ0n) is 10.2. The van der Waals surface area contributed by atoms with E-state index in [0.29, 0.717) is 10.9 Å². The summed E-state index contributed by atoms with van der Waals surface area (Å²) >= 11 is 5.90. The molecule has 0 saturated heterocycles. The Morgan fingerprint density at radius 2 is 1.85 bits per heavy atom. The van der Waals surface area contributed by atoms with Gasteiger partial charge in [-0.3, -0.25) is 0 Å². The van der Waals surface area contributed by atoms with Gasteiger partial charge in [-0.1, -0.05) is 22.8 Å². The maximum absolute atomic E-state index is 9.24. The summed E-state index contributed by atoms with van der Waals surface area (Å²) in [4.78, 5) is 0. The Morgan fingerprint density at radius 1 is 1.05 bits per heavy atom.